The van der Waals surface area contributed by atoms with Crippen molar-refractivity contribution in [3.05, 3.63) is 0 Å². The van der Waals surface area contributed by atoms with Gasteiger partial charge in [-0.15, -0.1) is 0 Å². The van der Waals surface area contributed by atoms with Crippen molar-refractivity contribution in [2.75, 3.05) is 26.3 Å². The van der Waals surface area contributed by atoms with Crippen molar-refractivity contribution >= 4 is 0 Å². The molecule has 1 N–H and O–H groups in total. The molecule has 3 heteroatoms. The quantitative estimate of drug-likeness (QED) is 0.651. The van der Waals surface area contributed by atoms with Crippen LogP contribution in [0.2, 0.25) is 0 Å². The van der Waals surface area contributed by atoms with Gasteiger partial charge in [0.15, 0.2) is 0 Å². The normalized spacial score (nSPS) is 13.1. The molecule has 0 aromatic heterocycles. The van der Waals surface area contributed by atoms with Crippen LogP contribution in [0.4, 0.5) is 0 Å². The molecule has 0 aliphatic heterocycles. The fraction of sp³-hybridized carbons (Fsp3) is 1.00. The molecule has 0 unspecified atom stereocenters. The number of hydrogen-bond donors (Lipinski definition) is 1. The van der Waals surface area contributed by atoms with Crippen LogP contribution in [0.25, 0.3) is 0 Å². The van der Waals surface area contributed by atoms with Gasteiger partial charge in [-0.25, -0.2) is 0 Å². The third-order valence-electron chi connectivity index (χ3n) is 2.09. The van der Waals surface area contributed by atoms with E-state index >= 15 is 0 Å². The second kappa shape index (κ2) is 7.25. The van der Waals surface area contributed by atoms with Crippen molar-refractivity contribution in [1.82, 2.24) is 5.32 Å². The SMILES string of the molecule is CCCNCC(C)(C)OCCOC(C)(C)C. The Morgan fingerprint density at radius 1 is 0.938 bits per heavy atom. The molecule has 0 aliphatic carbocycles. The highest BCUT2D eigenvalue weighted by atomic mass is 16.5. The van der Waals surface area contributed by atoms with E-state index in [0.29, 0.717) is 13.2 Å². The van der Waals surface area contributed by atoms with E-state index in [1.165, 1.54) is 0 Å². The third-order valence-corrected chi connectivity index (χ3v) is 2.09. The Kier molecular flexibility index (Phi) is 7.20. The first-order valence-corrected chi connectivity index (χ1v) is 6.25. The lowest BCUT2D eigenvalue weighted by atomic mass is 10.1. The topological polar surface area (TPSA) is 30.5 Å². The lowest BCUT2D eigenvalue weighted by molar-refractivity contribution is -0.0773. The highest BCUT2D eigenvalue weighted by Crippen LogP contribution is 2.09. The summed E-state index contributed by atoms with van der Waals surface area (Å²) in [5.74, 6) is 0. The molecule has 0 radical (unpaired) electrons. The zero-order valence-electron chi connectivity index (χ0n) is 11.9. The van der Waals surface area contributed by atoms with Gasteiger partial charge in [-0.2, -0.15) is 0 Å². The Morgan fingerprint density at radius 2 is 1.50 bits per heavy atom. The maximum absolute atomic E-state index is 5.78. The van der Waals surface area contributed by atoms with Gasteiger partial charge in [0.2, 0.25) is 0 Å². The van der Waals surface area contributed by atoms with Gasteiger partial charge in [-0.1, -0.05) is 6.92 Å². The molecule has 16 heavy (non-hydrogen) atoms. The van der Waals surface area contributed by atoms with Crippen LogP contribution in [0.5, 0.6) is 0 Å². The molecule has 0 saturated carbocycles. The Morgan fingerprint density at radius 3 is 2.00 bits per heavy atom. The van der Waals surface area contributed by atoms with Crippen LogP contribution in [0.1, 0.15) is 48.0 Å². The molecule has 0 aromatic carbocycles. The predicted molar refractivity (Wildman–Crippen MR) is 68.9 cm³/mol. The second-order valence-corrected chi connectivity index (χ2v) is 5.75. The van der Waals surface area contributed by atoms with Crippen LogP contribution < -0.4 is 5.32 Å². The third kappa shape index (κ3) is 10.4. The minimum atomic E-state index is -0.115. The van der Waals surface area contributed by atoms with Crippen LogP contribution in [-0.2, 0) is 9.47 Å². The van der Waals surface area contributed by atoms with Gasteiger partial charge in [0, 0.05) is 6.54 Å². The maximum atomic E-state index is 5.78. The fourth-order valence-electron chi connectivity index (χ4n) is 1.28. The zero-order valence-corrected chi connectivity index (χ0v) is 11.9. The summed E-state index contributed by atoms with van der Waals surface area (Å²) in [5.41, 5.74) is -0.190. The Bertz CT molecular complexity index is 173. The molecule has 98 valence electrons. The van der Waals surface area contributed by atoms with Crippen molar-refractivity contribution in [3.8, 4) is 0 Å². The van der Waals surface area contributed by atoms with E-state index in [9.17, 15) is 0 Å². The zero-order chi connectivity index (χ0) is 12.7. The molecule has 0 atom stereocenters. The summed E-state index contributed by atoms with van der Waals surface area (Å²) in [5, 5.41) is 3.37. The van der Waals surface area contributed by atoms with E-state index in [0.717, 1.165) is 19.5 Å². The van der Waals surface area contributed by atoms with Crippen LogP contribution in [-0.4, -0.2) is 37.5 Å². The van der Waals surface area contributed by atoms with Gasteiger partial charge in [0.05, 0.1) is 24.4 Å². The highest BCUT2D eigenvalue weighted by Gasteiger charge is 2.18. The molecule has 0 bridgehead atoms. The van der Waals surface area contributed by atoms with Gasteiger partial charge < -0.3 is 14.8 Å². The Hall–Kier alpha value is -0.120. The minimum Gasteiger partial charge on any atom is -0.373 e. The molecule has 0 rings (SSSR count). The molecular weight excluding hydrogens is 202 g/mol. The van der Waals surface area contributed by atoms with Crippen molar-refractivity contribution in [2.45, 2.75) is 59.2 Å². The first-order chi connectivity index (χ1) is 7.27. The largest absolute Gasteiger partial charge is 0.373 e. The van der Waals surface area contributed by atoms with Gasteiger partial charge in [-0.05, 0) is 47.6 Å². The molecule has 0 fully saturated rings. The molecule has 0 heterocycles. The van der Waals surface area contributed by atoms with Gasteiger partial charge >= 0.3 is 0 Å². The summed E-state index contributed by atoms with van der Waals surface area (Å²) in [7, 11) is 0. The van der Waals surface area contributed by atoms with Crippen LogP contribution >= 0.6 is 0 Å². The van der Waals surface area contributed by atoms with Gasteiger partial charge in [0.1, 0.15) is 0 Å². The van der Waals surface area contributed by atoms with Crippen LogP contribution in [0, 0.1) is 0 Å². The summed E-state index contributed by atoms with van der Waals surface area (Å²) < 4.78 is 11.4. The van der Waals surface area contributed by atoms with Gasteiger partial charge in [0.25, 0.3) is 0 Å². The van der Waals surface area contributed by atoms with E-state index in [1.807, 2.05) is 0 Å². The lowest BCUT2D eigenvalue weighted by Gasteiger charge is -2.27. The first-order valence-electron chi connectivity index (χ1n) is 6.25. The smallest absolute Gasteiger partial charge is 0.0751 e. The average Bonchev–Trinajstić information content (AvgIpc) is 2.11. The Labute approximate surface area is 101 Å². The Balaban J connectivity index is 3.57. The monoisotopic (exact) mass is 231 g/mol. The van der Waals surface area contributed by atoms with Crippen molar-refractivity contribution in [2.24, 2.45) is 0 Å². The van der Waals surface area contributed by atoms with E-state index in [4.69, 9.17) is 9.47 Å². The molecule has 0 amide bonds. The number of rotatable bonds is 8. The predicted octanol–water partition coefficient (Wildman–Crippen LogP) is 2.60. The van der Waals surface area contributed by atoms with E-state index in [-0.39, 0.29) is 11.2 Å². The van der Waals surface area contributed by atoms with Crippen LogP contribution in [0.15, 0.2) is 0 Å². The fourth-order valence-corrected chi connectivity index (χ4v) is 1.28. The molecule has 0 saturated heterocycles. The number of ether oxygens (including phenoxy) is 2. The first kappa shape index (κ1) is 15.9. The van der Waals surface area contributed by atoms with E-state index in [2.05, 4.69) is 46.9 Å². The molecule has 0 spiro atoms. The van der Waals surface area contributed by atoms with Crippen molar-refractivity contribution in [3.63, 3.8) is 0 Å². The van der Waals surface area contributed by atoms with E-state index < -0.39 is 0 Å². The van der Waals surface area contributed by atoms with Crippen molar-refractivity contribution in [1.29, 1.82) is 0 Å². The van der Waals surface area contributed by atoms with E-state index in [1.54, 1.807) is 0 Å². The molecule has 3 nitrogen and oxygen atoms in total. The van der Waals surface area contributed by atoms with Crippen molar-refractivity contribution < 1.29 is 9.47 Å². The summed E-state index contributed by atoms with van der Waals surface area (Å²) in [6.45, 7) is 15.8. The minimum absolute atomic E-state index is 0.0754. The lowest BCUT2D eigenvalue weighted by Crippen LogP contribution is -2.39. The number of nitrogens with one attached hydrogen (secondary N) is 1. The average molecular weight is 231 g/mol. The summed E-state index contributed by atoms with van der Waals surface area (Å²) in [6, 6.07) is 0. The summed E-state index contributed by atoms with van der Waals surface area (Å²) in [6.07, 6.45) is 1.16. The van der Waals surface area contributed by atoms with Crippen LogP contribution in [0.3, 0.4) is 0 Å². The number of hydrogen-bond acceptors (Lipinski definition) is 3. The highest BCUT2D eigenvalue weighted by molar-refractivity contribution is 4.71. The summed E-state index contributed by atoms with van der Waals surface area (Å²) in [4.78, 5) is 0. The molecular formula is C13H29NO2. The standard InChI is InChI=1S/C13H29NO2/c1-7-8-14-11-13(5,6)16-10-9-15-12(2,3)4/h14H,7-11H2,1-6H3. The maximum Gasteiger partial charge on any atom is 0.0751 e. The molecule has 0 aromatic rings. The second-order valence-electron chi connectivity index (χ2n) is 5.75. The molecule has 0 aliphatic rings. The summed E-state index contributed by atoms with van der Waals surface area (Å²) >= 11 is 0. The van der Waals surface area contributed by atoms with Gasteiger partial charge in [-0.3, -0.25) is 0 Å².